The van der Waals surface area contributed by atoms with Crippen molar-refractivity contribution in [2.75, 3.05) is 37.6 Å². The second-order valence-electron chi connectivity index (χ2n) is 7.45. The first kappa shape index (κ1) is 18.3. The van der Waals surface area contributed by atoms with Crippen LogP contribution in [0.15, 0.2) is 48.5 Å². The number of piperazine rings is 1. The molecule has 1 saturated heterocycles. The molecule has 1 amide bonds. The minimum Gasteiger partial charge on any atom is -0.369 e. The van der Waals surface area contributed by atoms with Gasteiger partial charge in [0.2, 0.25) is 5.91 Å². The highest BCUT2D eigenvalue weighted by atomic mass is 35.5. The molecule has 142 valence electrons. The van der Waals surface area contributed by atoms with Crippen LogP contribution in [0.4, 0.5) is 5.69 Å². The van der Waals surface area contributed by atoms with Crippen molar-refractivity contribution in [3.63, 3.8) is 0 Å². The van der Waals surface area contributed by atoms with Crippen molar-refractivity contribution in [1.29, 1.82) is 0 Å². The predicted octanol–water partition coefficient (Wildman–Crippen LogP) is 3.66. The highest BCUT2D eigenvalue weighted by Crippen LogP contribution is 2.29. The predicted molar refractivity (Wildman–Crippen MR) is 110 cm³/mol. The Balaban J connectivity index is 1.29. The Hall–Kier alpha value is -2.04. The topological polar surface area (TPSA) is 35.6 Å². The number of hydrogen-bond acceptors (Lipinski definition) is 3. The van der Waals surface area contributed by atoms with E-state index < -0.39 is 0 Å². The number of carbonyl (C=O) groups is 1. The van der Waals surface area contributed by atoms with Crippen molar-refractivity contribution < 1.29 is 4.79 Å². The Morgan fingerprint density at radius 2 is 1.89 bits per heavy atom. The molecule has 0 spiro atoms. The van der Waals surface area contributed by atoms with Crippen molar-refractivity contribution in [3.8, 4) is 0 Å². The van der Waals surface area contributed by atoms with Crippen LogP contribution in [-0.2, 0) is 11.2 Å². The zero-order valence-electron chi connectivity index (χ0n) is 15.5. The first-order valence-electron chi connectivity index (χ1n) is 9.79. The molecule has 1 aliphatic carbocycles. The van der Waals surface area contributed by atoms with E-state index in [2.05, 4.69) is 45.4 Å². The summed E-state index contributed by atoms with van der Waals surface area (Å²) in [6.45, 7) is 4.09. The highest BCUT2D eigenvalue weighted by Gasteiger charge is 2.24. The second kappa shape index (κ2) is 8.32. The molecule has 0 saturated carbocycles. The summed E-state index contributed by atoms with van der Waals surface area (Å²) in [5, 5.41) is 4.03. The minimum absolute atomic E-state index is 0.132. The number of rotatable bonds is 4. The molecule has 2 aliphatic rings. The fourth-order valence-electron chi connectivity index (χ4n) is 4.18. The maximum Gasteiger partial charge on any atom is 0.234 e. The van der Waals surface area contributed by atoms with Crippen LogP contribution < -0.4 is 10.2 Å². The molecule has 4 nitrogen and oxygen atoms in total. The van der Waals surface area contributed by atoms with E-state index in [-0.39, 0.29) is 11.9 Å². The standard InChI is InChI=1S/C22H26ClN3O/c23-18-7-4-8-19(15-18)26-13-11-25(12-14-26)16-22(27)24-21-10-3-6-17-5-1-2-9-20(17)21/h1-2,4-5,7-9,15,21H,3,6,10-14,16H2,(H,24,27)/t21-/m0/s1. The van der Waals surface area contributed by atoms with Crippen LogP contribution in [0.25, 0.3) is 0 Å². The average molecular weight is 384 g/mol. The third-order valence-electron chi connectivity index (χ3n) is 5.62. The van der Waals surface area contributed by atoms with Crippen molar-refractivity contribution in [1.82, 2.24) is 10.2 Å². The summed E-state index contributed by atoms with van der Waals surface area (Å²) in [5.74, 6) is 0.132. The molecule has 0 unspecified atom stereocenters. The number of benzene rings is 2. The van der Waals surface area contributed by atoms with Gasteiger partial charge in [-0.25, -0.2) is 0 Å². The normalized spacial score (nSPS) is 20.2. The van der Waals surface area contributed by atoms with Gasteiger partial charge in [0.15, 0.2) is 0 Å². The third kappa shape index (κ3) is 4.45. The van der Waals surface area contributed by atoms with Crippen molar-refractivity contribution in [2.24, 2.45) is 0 Å². The Labute approximate surface area is 166 Å². The molecule has 0 radical (unpaired) electrons. The van der Waals surface area contributed by atoms with Crippen molar-refractivity contribution in [3.05, 3.63) is 64.7 Å². The van der Waals surface area contributed by atoms with Gasteiger partial charge in [-0.3, -0.25) is 9.69 Å². The molecule has 2 aromatic rings. The van der Waals surface area contributed by atoms with Crippen LogP contribution in [-0.4, -0.2) is 43.5 Å². The van der Waals surface area contributed by atoms with Gasteiger partial charge in [0.25, 0.3) is 0 Å². The number of nitrogens with zero attached hydrogens (tertiary/aromatic N) is 2. The van der Waals surface area contributed by atoms with E-state index in [9.17, 15) is 4.79 Å². The van der Waals surface area contributed by atoms with Gasteiger partial charge in [0, 0.05) is 36.9 Å². The van der Waals surface area contributed by atoms with Gasteiger partial charge < -0.3 is 10.2 Å². The Bertz CT molecular complexity index is 802. The SMILES string of the molecule is O=C(CN1CCN(c2cccc(Cl)c2)CC1)N[C@H]1CCCc2ccccc21. The number of aryl methyl sites for hydroxylation is 1. The molecule has 5 heteroatoms. The van der Waals surface area contributed by atoms with Crippen LogP contribution in [0, 0.1) is 0 Å². The van der Waals surface area contributed by atoms with Gasteiger partial charge in [-0.1, -0.05) is 41.9 Å². The fraction of sp³-hybridized carbons (Fsp3) is 0.409. The second-order valence-corrected chi connectivity index (χ2v) is 7.89. The number of anilines is 1. The van der Waals surface area contributed by atoms with Gasteiger partial charge >= 0.3 is 0 Å². The lowest BCUT2D eigenvalue weighted by molar-refractivity contribution is -0.123. The molecule has 27 heavy (non-hydrogen) atoms. The lowest BCUT2D eigenvalue weighted by atomic mass is 9.88. The molecule has 1 heterocycles. The van der Waals surface area contributed by atoms with Crippen LogP contribution in [0.3, 0.4) is 0 Å². The summed E-state index contributed by atoms with van der Waals surface area (Å²) in [6.07, 6.45) is 3.29. The average Bonchev–Trinajstić information content (AvgIpc) is 2.69. The molecule has 1 aliphatic heterocycles. The number of fused-ring (bicyclic) bond motifs is 1. The van der Waals surface area contributed by atoms with E-state index in [0.717, 1.165) is 56.2 Å². The molecule has 0 bridgehead atoms. The van der Waals surface area contributed by atoms with Gasteiger partial charge in [-0.05, 0) is 48.6 Å². The summed E-state index contributed by atoms with van der Waals surface area (Å²) in [5.41, 5.74) is 3.83. The van der Waals surface area contributed by atoms with Gasteiger partial charge in [-0.2, -0.15) is 0 Å². The molecule has 1 atom stereocenters. The quantitative estimate of drug-likeness (QED) is 0.875. The Kier molecular flexibility index (Phi) is 5.65. The first-order valence-corrected chi connectivity index (χ1v) is 10.2. The number of hydrogen-bond donors (Lipinski definition) is 1. The largest absolute Gasteiger partial charge is 0.369 e. The smallest absolute Gasteiger partial charge is 0.234 e. The number of carbonyl (C=O) groups excluding carboxylic acids is 1. The molecule has 1 fully saturated rings. The lowest BCUT2D eigenvalue weighted by Gasteiger charge is -2.36. The third-order valence-corrected chi connectivity index (χ3v) is 5.85. The number of halogens is 1. The van der Waals surface area contributed by atoms with Crippen LogP contribution in [0.2, 0.25) is 5.02 Å². The van der Waals surface area contributed by atoms with Crippen LogP contribution in [0.1, 0.15) is 30.0 Å². The van der Waals surface area contributed by atoms with Gasteiger partial charge in [0.05, 0.1) is 12.6 Å². The maximum atomic E-state index is 12.6. The summed E-state index contributed by atoms with van der Waals surface area (Å²) in [7, 11) is 0. The summed E-state index contributed by atoms with van der Waals surface area (Å²) in [6, 6.07) is 16.6. The van der Waals surface area contributed by atoms with Gasteiger partial charge in [-0.15, -0.1) is 0 Å². The summed E-state index contributed by atoms with van der Waals surface area (Å²) >= 11 is 6.10. The van der Waals surface area contributed by atoms with Crippen molar-refractivity contribution in [2.45, 2.75) is 25.3 Å². The van der Waals surface area contributed by atoms with E-state index in [1.807, 2.05) is 18.2 Å². The molecule has 2 aromatic carbocycles. The summed E-state index contributed by atoms with van der Waals surface area (Å²) in [4.78, 5) is 17.2. The van der Waals surface area contributed by atoms with Gasteiger partial charge in [0.1, 0.15) is 0 Å². The maximum absolute atomic E-state index is 12.6. The Morgan fingerprint density at radius 1 is 1.07 bits per heavy atom. The van der Waals surface area contributed by atoms with E-state index in [1.165, 1.54) is 11.1 Å². The molecular formula is C22H26ClN3O. The zero-order chi connectivity index (χ0) is 18.6. The molecular weight excluding hydrogens is 358 g/mol. The van der Waals surface area contributed by atoms with Crippen LogP contribution in [0.5, 0.6) is 0 Å². The molecule has 4 rings (SSSR count). The van der Waals surface area contributed by atoms with E-state index in [0.29, 0.717) is 6.54 Å². The monoisotopic (exact) mass is 383 g/mol. The van der Waals surface area contributed by atoms with Crippen molar-refractivity contribution >= 4 is 23.2 Å². The van der Waals surface area contributed by atoms with E-state index in [1.54, 1.807) is 0 Å². The molecule has 0 aromatic heterocycles. The molecule has 1 N–H and O–H groups in total. The minimum atomic E-state index is 0.132. The van der Waals surface area contributed by atoms with E-state index in [4.69, 9.17) is 11.6 Å². The zero-order valence-corrected chi connectivity index (χ0v) is 16.3. The lowest BCUT2D eigenvalue weighted by Crippen LogP contribution is -2.50. The fourth-order valence-corrected chi connectivity index (χ4v) is 4.37. The number of nitrogens with one attached hydrogen (secondary N) is 1. The highest BCUT2D eigenvalue weighted by molar-refractivity contribution is 6.30. The summed E-state index contributed by atoms with van der Waals surface area (Å²) < 4.78 is 0. The van der Waals surface area contributed by atoms with Crippen LogP contribution >= 0.6 is 11.6 Å². The Morgan fingerprint density at radius 3 is 2.70 bits per heavy atom. The van der Waals surface area contributed by atoms with E-state index >= 15 is 0 Å². The number of amides is 1. The first-order chi connectivity index (χ1) is 13.2.